The highest BCUT2D eigenvalue weighted by atomic mass is 16.9. The van der Waals surface area contributed by atoms with Gasteiger partial charge in [0, 0.05) is 12.4 Å². The highest BCUT2D eigenvalue weighted by Gasteiger charge is 2.24. The number of allylic oxidation sites excluding steroid dienone is 1. The normalized spacial score (nSPS) is 17.1. The Morgan fingerprint density at radius 3 is 2.54 bits per heavy atom. The Bertz CT molecular complexity index is 886. The molecule has 0 saturated heterocycles. The zero-order valence-electron chi connectivity index (χ0n) is 14.1. The number of benzene rings is 2. The average Bonchev–Trinajstić information content (AvgIpc) is 3.17. The molecule has 1 heterocycles. The average molecular weight is 349 g/mol. The number of aromatic nitrogens is 2. The molecule has 0 spiro atoms. The zero-order chi connectivity index (χ0) is 18.4. The molecule has 6 heteroatoms. The van der Waals surface area contributed by atoms with Crippen molar-refractivity contribution in [1.82, 2.24) is 9.55 Å². The number of imidazole rings is 1. The number of aryl methyl sites for hydroxylation is 1. The first-order chi connectivity index (χ1) is 12.6. The van der Waals surface area contributed by atoms with Crippen LogP contribution < -0.4 is 0 Å². The summed E-state index contributed by atoms with van der Waals surface area (Å²) in [5.74, 6) is 0. The summed E-state index contributed by atoms with van der Waals surface area (Å²) in [5.41, 5.74) is 5.45. The number of nitrogens with zero attached hydrogens (tertiary/aromatic N) is 3. The molecule has 1 aliphatic carbocycles. The molecule has 1 atom stereocenters. The molecule has 132 valence electrons. The van der Waals surface area contributed by atoms with Gasteiger partial charge in [0.05, 0.1) is 12.4 Å². The topological polar surface area (TPSA) is 81.2 Å². The van der Waals surface area contributed by atoms with Gasteiger partial charge in [0.15, 0.2) is 0 Å². The van der Waals surface area contributed by atoms with Gasteiger partial charge in [-0.25, -0.2) is 4.98 Å². The van der Waals surface area contributed by atoms with Crippen molar-refractivity contribution < 1.29 is 10.3 Å². The molecule has 1 aromatic heterocycles. The van der Waals surface area contributed by atoms with Gasteiger partial charge in [-0.15, -0.1) is 10.1 Å². The minimum absolute atomic E-state index is 0.359. The monoisotopic (exact) mass is 349 g/mol. The molecule has 0 aliphatic heterocycles. The molecule has 0 amide bonds. The van der Waals surface area contributed by atoms with Gasteiger partial charge in [-0.1, -0.05) is 54.6 Å². The lowest BCUT2D eigenvalue weighted by molar-refractivity contribution is -0.742. The molecule has 0 radical (unpaired) electrons. The largest absolute Gasteiger partial charge is 0.330 e. The lowest BCUT2D eigenvalue weighted by Gasteiger charge is -2.29. The lowest BCUT2D eigenvalue weighted by Crippen LogP contribution is -2.16. The molecule has 1 N–H and O–H groups in total. The van der Waals surface area contributed by atoms with E-state index in [4.69, 9.17) is 15.3 Å². The van der Waals surface area contributed by atoms with Crippen LogP contribution in [-0.4, -0.2) is 19.8 Å². The van der Waals surface area contributed by atoms with Crippen molar-refractivity contribution in [3.8, 4) is 0 Å². The molecule has 4 rings (SSSR count). The van der Waals surface area contributed by atoms with Crippen molar-refractivity contribution in [2.45, 2.75) is 18.9 Å². The van der Waals surface area contributed by atoms with Crippen LogP contribution in [-0.2, 0) is 6.42 Å². The maximum atomic E-state index is 8.36. The van der Waals surface area contributed by atoms with Crippen LogP contribution in [0.3, 0.4) is 0 Å². The number of fused-ring (bicyclic) bond motifs is 1. The number of rotatable bonds is 2. The predicted octanol–water partition coefficient (Wildman–Crippen LogP) is 4.26. The van der Waals surface area contributed by atoms with E-state index in [0.29, 0.717) is 6.04 Å². The molecule has 0 saturated carbocycles. The quantitative estimate of drug-likeness (QED) is 0.553. The Morgan fingerprint density at radius 1 is 1.15 bits per heavy atom. The molecular formula is C20H19N3O3. The van der Waals surface area contributed by atoms with Crippen LogP contribution in [0.5, 0.6) is 0 Å². The summed E-state index contributed by atoms with van der Waals surface area (Å²) in [7, 11) is 0. The molecular weight excluding hydrogens is 330 g/mol. The lowest BCUT2D eigenvalue weighted by atomic mass is 9.83. The first-order valence-corrected chi connectivity index (χ1v) is 8.31. The van der Waals surface area contributed by atoms with Crippen molar-refractivity contribution in [3.63, 3.8) is 0 Å². The summed E-state index contributed by atoms with van der Waals surface area (Å²) < 4.78 is 2.23. The van der Waals surface area contributed by atoms with Crippen molar-refractivity contribution in [3.05, 3.63) is 100 Å². The molecule has 26 heavy (non-hydrogen) atoms. The van der Waals surface area contributed by atoms with Crippen LogP contribution in [0.2, 0.25) is 0 Å². The second-order valence-electron chi connectivity index (χ2n) is 5.97. The first kappa shape index (κ1) is 17.4. The third-order valence-corrected chi connectivity index (χ3v) is 4.38. The van der Waals surface area contributed by atoms with E-state index in [2.05, 4.69) is 76.4 Å². The van der Waals surface area contributed by atoms with Gasteiger partial charge in [0.2, 0.25) is 0 Å². The van der Waals surface area contributed by atoms with Gasteiger partial charge in [-0.05, 0) is 41.2 Å². The van der Waals surface area contributed by atoms with E-state index in [-0.39, 0.29) is 0 Å². The minimum atomic E-state index is -1.50. The molecule has 0 bridgehead atoms. The van der Waals surface area contributed by atoms with Crippen molar-refractivity contribution in [1.29, 1.82) is 0 Å². The van der Waals surface area contributed by atoms with Crippen molar-refractivity contribution >= 4 is 11.6 Å². The summed E-state index contributed by atoms with van der Waals surface area (Å²) in [6, 6.07) is 19.7. The Hall–Kier alpha value is -3.41. The third kappa shape index (κ3) is 4.16. The summed E-state index contributed by atoms with van der Waals surface area (Å²) in [6.45, 7) is 0. The van der Waals surface area contributed by atoms with Gasteiger partial charge in [-0.3, -0.25) is 0 Å². The van der Waals surface area contributed by atoms with Crippen LogP contribution in [0.25, 0.3) is 11.6 Å². The summed E-state index contributed by atoms with van der Waals surface area (Å²) in [6.07, 6.45) is 10.4. The van der Waals surface area contributed by atoms with E-state index in [1.807, 2.05) is 12.5 Å². The zero-order valence-corrected chi connectivity index (χ0v) is 14.1. The van der Waals surface area contributed by atoms with E-state index in [1.165, 1.54) is 22.3 Å². The van der Waals surface area contributed by atoms with Gasteiger partial charge < -0.3 is 9.77 Å². The van der Waals surface area contributed by atoms with Crippen LogP contribution in [0.15, 0.2) is 73.3 Å². The van der Waals surface area contributed by atoms with Crippen LogP contribution in [0.1, 0.15) is 29.2 Å². The third-order valence-electron chi connectivity index (χ3n) is 4.38. The van der Waals surface area contributed by atoms with E-state index >= 15 is 0 Å². The smallest absolute Gasteiger partial charge is 0.291 e. The van der Waals surface area contributed by atoms with E-state index < -0.39 is 5.09 Å². The highest BCUT2D eigenvalue weighted by molar-refractivity contribution is 5.85. The molecule has 6 nitrogen and oxygen atoms in total. The SMILES string of the molecule is C(=C1/c2ccccc2CCC1n1ccnc1)/c1ccccc1.O=[N+]([O-])O. The van der Waals surface area contributed by atoms with Gasteiger partial charge in [0.1, 0.15) is 0 Å². The Balaban J connectivity index is 0.000000447. The van der Waals surface area contributed by atoms with Crippen molar-refractivity contribution in [2.24, 2.45) is 0 Å². The van der Waals surface area contributed by atoms with Gasteiger partial charge >= 0.3 is 0 Å². The molecule has 1 unspecified atom stereocenters. The minimum Gasteiger partial charge on any atom is -0.330 e. The van der Waals surface area contributed by atoms with E-state index in [1.54, 1.807) is 0 Å². The number of hydrogen-bond acceptors (Lipinski definition) is 3. The van der Waals surface area contributed by atoms with Gasteiger partial charge in [-0.2, -0.15) is 0 Å². The summed E-state index contributed by atoms with van der Waals surface area (Å²) >= 11 is 0. The predicted molar refractivity (Wildman–Crippen MR) is 99.1 cm³/mol. The second kappa shape index (κ2) is 8.11. The van der Waals surface area contributed by atoms with Crippen LogP contribution in [0, 0.1) is 10.1 Å². The molecule has 3 aromatic rings. The fourth-order valence-corrected chi connectivity index (χ4v) is 3.31. The maximum absolute atomic E-state index is 8.36. The summed E-state index contributed by atoms with van der Waals surface area (Å²) in [5, 5.41) is 13.6. The van der Waals surface area contributed by atoms with E-state index in [9.17, 15) is 0 Å². The maximum Gasteiger partial charge on any atom is 0.291 e. The van der Waals surface area contributed by atoms with Crippen LogP contribution >= 0.6 is 0 Å². The first-order valence-electron chi connectivity index (χ1n) is 8.31. The number of hydrogen-bond donors (Lipinski definition) is 1. The standard InChI is InChI=1S/C20H18N2.HNO3/c1-2-6-16(7-3-1)14-19-18-9-5-4-8-17(18)10-11-20(19)22-13-12-21-15-22;2-1(3)4/h1-9,12-15,20H,10-11H2;(H,2,3,4)/b19-14+;. The second-order valence-corrected chi connectivity index (χ2v) is 5.97. The molecule has 2 aromatic carbocycles. The van der Waals surface area contributed by atoms with Gasteiger partial charge in [0.25, 0.3) is 5.09 Å². The van der Waals surface area contributed by atoms with Crippen LogP contribution in [0.4, 0.5) is 0 Å². The Kier molecular flexibility index (Phi) is 5.43. The highest BCUT2D eigenvalue weighted by Crippen LogP contribution is 2.39. The Morgan fingerprint density at radius 2 is 1.85 bits per heavy atom. The summed E-state index contributed by atoms with van der Waals surface area (Å²) in [4.78, 5) is 12.6. The molecule has 0 fully saturated rings. The van der Waals surface area contributed by atoms with Crippen molar-refractivity contribution in [2.75, 3.05) is 0 Å². The molecule has 1 aliphatic rings. The van der Waals surface area contributed by atoms with E-state index in [0.717, 1.165) is 12.8 Å². The Labute approximate surface area is 151 Å². The fraction of sp³-hybridized carbons (Fsp3) is 0.150. The fourth-order valence-electron chi connectivity index (χ4n) is 3.31.